The van der Waals surface area contributed by atoms with Gasteiger partial charge in [-0.25, -0.2) is 0 Å². The van der Waals surface area contributed by atoms with Gasteiger partial charge in [-0.2, -0.15) is 0 Å². The first-order valence-electron chi connectivity index (χ1n) is 11.4. The first-order chi connectivity index (χ1) is 15.6. The molecule has 0 unspecified atom stereocenters. The van der Waals surface area contributed by atoms with Crippen molar-refractivity contribution in [2.45, 2.75) is 38.6 Å². The summed E-state index contributed by atoms with van der Waals surface area (Å²) in [5.74, 6) is 1.08. The fraction of sp³-hybridized carbons (Fsp3) is 0.500. The van der Waals surface area contributed by atoms with E-state index in [2.05, 4.69) is 23.5 Å². The monoisotopic (exact) mass is 456 g/mol. The van der Waals surface area contributed by atoms with E-state index in [9.17, 15) is 0 Å². The first kappa shape index (κ1) is 23.2. The van der Waals surface area contributed by atoms with Gasteiger partial charge in [-0.3, -0.25) is 4.99 Å². The molecule has 6 heteroatoms. The molecule has 5 nitrogen and oxygen atoms in total. The third kappa shape index (κ3) is 5.34. The van der Waals surface area contributed by atoms with Gasteiger partial charge < -0.3 is 19.5 Å². The number of benzene rings is 2. The van der Waals surface area contributed by atoms with Crippen LogP contribution in [0.4, 0.5) is 5.69 Å². The predicted molar refractivity (Wildman–Crippen MR) is 130 cm³/mol. The highest BCUT2D eigenvalue weighted by atomic mass is 35.5. The van der Waals surface area contributed by atoms with Gasteiger partial charge >= 0.3 is 0 Å². The summed E-state index contributed by atoms with van der Waals surface area (Å²) in [5, 5.41) is 4.48. The molecule has 0 aromatic heterocycles. The van der Waals surface area contributed by atoms with Gasteiger partial charge in [-0.05, 0) is 72.6 Å². The third-order valence-electron chi connectivity index (χ3n) is 6.62. The highest BCUT2D eigenvalue weighted by Crippen LogP contribution is 2.43. The number of methoxy groups -OCH3 is 2. The zero-order chi connectivity index (χ0) is 22.4. The molecule has 2 aromatic rings. The normalized spacial score (nSPS) is 18.5. The van der Waals surface area contributed by atoms with Gasteiger partial charge in [0, 0.05) is 43.6 Å². The average Bonchev–Trinajstić information content (AvgIpc) is 2.80. The van der Waals surface area contributed by atoms with E-state index in [1.54, 1.807) is 14.2 Å². The minimum atomic E-state index is -0.00357. The van der Waals surface area contributed by atoms with E-state index in [1.807, 2.05) is 18.2 Å². The van der Waals surface area contributed by atoms with Crippen LogP contribution in [-0.4, -0.2) is 46.5 Å². The molecular formula is C26H33ClN2O3. The third-order valence-corrected chi connectivity index (χ3v) is 6.85. The van der Waals surface area contributed by atoms with Crippen LogP contribution in [0.5, 0.6) is 0 Å². The summed E-state index contributed by atoms with van der Waals surface area (Å²) in [5.41, 5.74) is 6.31. The van der Waals surface area contributed by atoms with Gasteiger partial charge in [0.05, 0.1) is 19.8 Å². The van der Waals surface area contributed by atoms with Crippen molar-refractivity contribution in [2.75, 3.05) is 46.0 Å². The smallest absolute Gasteiger partial charge is 0.108 e. The Morgan fingerprint density at radius 3 is 2.44 bits per heavy atom. The number of hydrogen-bond acceptors (Lipinski definition) is 4. The second-order valence-corrected chi connectivity index (χ2v) is 9.19. The number of ether oxygens (including phenoxy) is 3. The zero-order valence-corrected chi connectivity index (χ0v) is 19.8. The lowest BCUT2D eigenvalue weighted by atomic mass is 9.71. The van der Waals surface area contributed by atoms with Crippen LogP contribution in [0.1, 0.15) is 35.1 Å². The van der Waals surface area contributed by atoms with Crippen LogP contribution in [0, 0.1) is 5.41 Å². The summed E-state index contributed by atoms with van der Waals surface area (Å²) in [6, 6.07) is 12.6. The molecule has 2 aliphatic heterocycles. The van der Waals surface area contributed by atoms with Crippen LogP contribution in [0.25, 0.3) is 0 Å². The van der Waals surface area contributed by atoms with Crippen LogP contribution in [-0.2, 0) is 40.0 Å². The van der Waals surface area contributed by atoms with Crippen molar-refractivity contribution in [1.82, 2.24) is 0 Å². The van der Waals surface area contributed by atoms with Gasteiger partial charge in [-0.15, -0.1) is 0 Å². The zero-order valence-electron chi connectivity index (χ0n) is 19.1. The first-order valence-corrected chi connectivity index (χ1v) is 11.8. The van der Waals surface area contributed by atoms with E-state index in [4.69, 9.17) is 30.8 Å². The summed E-state index contributed by atoms with van der Waals surface area (Å²) in [7, 11) is 3.51. The van der Waals surface area contributed by atoms with Crippen LogP contribution in [0.3, 0.4) is 0 Å². The van der Waals surface area contributed by atoms with Crippen LogP contribution in [0.15, 0.2) is 41.4 Å². The highest BCUT2D eigenvalue weighted by molar-refractivity contribution is 6.30. The van der Waals surface area contributed by atoms with Gasteiger partial charge in [0.25, 0.3) is 0 Å². The molecule has 0 amide bonds. The molecule has 4 rings (SSSR count). The van der Waals surface area contributed by atoms with Crippen LogP contribution in [0.2, 0.25) is 5.02 Å². The quantitative estimate of drug-likeness (QED) is 0.601. The number of halogens is 1. The number of aliphatic imine (C=N–C) groups is 1. The summed E-state index contributed by atoms with van der Waals surface area (Å²) < 4.78 is 16.4. The lowest BCUT2D eigenvalue weighted by Gasteiger charge is -2.43. The van der Waals surface area contributed by atoms with Crippen molar-refractivity contribution < 1.29 is 14.2 Å². The SMILES string of the molecule is COCCc1cc2c(cc1CCOC)NC(=NCc1cccc(Cl)c1)C1(CCOCC1)C2. The van der Waals surface area contributed by atoms with Gasteiger partial charge in [0.2, 0.25) is 0 Å². The van der Waals surface area contributed by atoms with Crippen molar-refractivity contribution in [3.63, 3.8) is 0 Å². The maximum atomic E-state index is 6.19. The molecule has 1 spiro atoms. The minimum absolute atomic E-state index is 0.00357. The predicted octanol–water partition coefficient (Wildman–Crippen LogP) is 5.08. The molecular weight excluding hydrogens is 424 g/mol. The summed E-state index contributed by atoms with van der Waals surface area (Å²) >= 11 is 6.19. The number of hydrogen-bond donors (Lipinski definition) is 1. The van der Waals surface area contributed by atoms with Crippen molar-refractivity contribution in [1.29, 1.82) is 0 Å². The van der Waals surface area contributed by atoms with E-state index in [-0.39, 0.29) is 5.41 Å². The Morgan fingerprint density at radius 2 is 1.75 bits per heavy atom. The van der Waals surface area contributed by atoms with Crippen LogP contribution >= 0.6 is 11.6 Å². The van der Waals surface area contributed by atoms with Crippen molar-refractivity contribution in [3.8, 4) is 0 Å². The summed E-state index contributed by atoms with van der Waals surface area (Å²) in [6.45, 7) is 3.59. The van der Waals surface area contributed by atoms with Crippen molar-refractivity contribution in [3.05, 3.63) is 63.7 Å². The standard InChI is InChI=1S/C26H33ClN2O3/c1-30-10-6-20-15-22-17-26(8-12-32-13-9-26)25(28-18-19-4-3-5-23(27)14-19)29-24(22)16-21(20)7-11-31-2/h3-5,14-16H,6-13,17-18H2,1-2H3,(H,28,29). The average molecular weight is 457 g/mol. The van der Waals surface area contributed by atoms with E-state index in [0.717, 1.165) is 68.3 Å². The molecule has 0 radical (unpaired) electrons. The molecule has 0 saturated carbocycles. The Labute approximate surface area is 196 Å². The lowest BCUT2D eigenvalue weighted by Crippen LogP contribution is -2.46. The Balaban J connectivity index is 1.67. The maximum Gasteiger partial charge on any atom is 0.108 e. The summed E-state index contributed by atoms with van der Waals surface area (Å²) in [6.07, 6.45) is 4.74. The molecule has 1 fully saturated rings. The second-order valence-electron chi connectivity index (χ2n) is 8.75. The Morgan fingerprint density at radius 1 is 1.03 bits per heavy atom. The minimum Gasteiger partial charge on any atom is -0.384 e. The maximum absolute atomic E-state index is 6.19. The number of amidine groups is 1. The van der Waals surface area contributed by atoms with Gasteiger partial charge in [-0.1, -0.05) is 29.8 Å². The molecule has 172 valence electrons. The number of anilines is 1. The number of nitrogens with one attached hydrogen (secondary N) is 1. The number of rotatable bonds is 8. The Hall–Kier alpha value is -1.92. The van der Waals surface area contributed by atoms with Gasteiger partial charge in [0.1, 0.15) is 5.84 Å². The van der Waals surface area contributed by atoms with Crippen LogP contribution < -0.4 is 5.32 Å². The van der Waals surface area contributed by atoms with E-state index in [1.165, 1.54) is 22.4 Å². The molecule has 0 atom stereocenters. The lowest BCUT2D eigenvalue weighted by molar-refractivity contribution is 0.0448. The molecule has 2 aromatic carbocycles. The molecule has 0 bridgehead atoms. The molecule has 0 aliphatic carbocycles. The Kier molecular flexibility index (Phi) is 7.84. The fourth-order valence-electron chi connectivity index (χ4n) is 4.79. The van der Waals surface area contributed by atoms with E-state index in [0.29, 0.717) is 13.2 Å². The fourth-order valence-corrected chi connectivity index (χ4v) is 5.00. The Bertz CT molecular complexity index is 954. The highest BCUT2D eigenvalue weighted by Gasteiger charge is 2.41. The molecule has 2 aliphatic rings. The molecule has 1 saturated heterocycles. The van der Waals surface area contributed by atoms with Crippen molar-refractivity contribution >= 4 is 23.1 Å². The topological polar surface area (TPSA) is 52.1 Å². The number of nitrogens with zero attached hydrogens (tertiary/aromatic N) is 1. The molecule has 32 heavy (non-hydrogen) atoms. The molecule has 2 heterocycles. The largest absolute Gasteiger partial charge is 0.384 e. The van der Waals surface area contributed by atoms with Crippen molar-refractivity contribution in [2.24, 2.45) is 10.4 Å². The second kappa shape index (κ2) is 10.8. The molecule has 1 N–H and O–H groups in total. The summed E-state index contributed by atoms with van der Waals surface area (Å²) in [4.78, 5) is 5.08. The van der Waals surface area contributed by atoms with E-state index >= 15 is 0 Å². The van der Waals surface area contributed by atoms with E-state index < -0.39 is 0 Å². The number of fused-ring (bicyclic) bond motifs is 1. The van der Waals surface area contributed by atoms with Gasteiger partial charge in [0.15, 0.2) is 0 Å².